The molecule has 2 aliphatic rings. The monoisotopic (exact) mass is 417 g/mol. The first-order chi connectivity index (χ1) is 13.0. The number of nitrogens with one attached hydrogen (secondary N) is 2. The highest BCUT2D eigenvalue weighted by Crippen LogP contribution is 2.25. The van der Waals surface area contributed by atoms with Gasteiger partial charge >= 0.3 is 6.61 Å². The standard InChI is InChI=1S/C19H25F2N3O3.ClH/c20-19(21)27-16-8-2-1-7-15(16)18(26)24-10-4-5-13(12-24)17(25)23-11-14-6-3-9-22-14;/h1-2,7-8,13-14,19,22H,3-6,9-12H2,(H,23,25);1H. The van der Waals surface area contributed by atoms with Crippen LogP contribution in [0.1, 0.15) is 36.0 Å². The summed E-state index contributed by atoms with van der Waals surface area (Å²) in [6.45, 7) is -0.648. The summed E-state index contributed by atoms with van der Waals surface area (Å²) in [6, 6.07) is 6.28. The third kappa shape index (κ3) is 5.78. The van der Waals surface area contributed by atoms with Gasteiger partial charge in [-0.05, 0) is 44.4 Å². The van der Waals surface area contributed by atoms with E-state index in [2.05, 4.69) is 15.4 Å². The van der Waals surface area contributed by atoms with Crippen LogP contribution in [0.3, 0.4) is 0 Å². The molecule has 6 nitrogen and oxygen atoms in total. The zero-order valence-electron chi connectivity index (χ0n) is 15.5. The first-order valence-corrected chi connectivity index (χ1v) is 9.39. The number of benzene rings is 1. The predicted molar refractivity (Wildman–Crippen MR) is 103 cm³/mol. The van der Waals surface area contributed by atoms with Gasteiger partial charge in [-0.2, -0.15) is 8.78 Å². The summed E-state index contributed by atoms with van der Waals surface area (Å²) in [6.07, 6.45) is 3.58. The van der Waals surface area contributed by atoms with Crippen molar-refractivity contribution in [3.63, 3.8) is 0 Å². The van der Waals surface area contributed by atoms with Crippen LogP contribution >= 0.6 is 12.4 Å². The highest BCUT2D eigenvalue weighted by Gasteiger charge is 2.30. The Bertz CT molecular complexity index is 672. The van der Waals surface area contributed by atoms with Crippen LogP contribution in [0.5, 0.6) is 5.75 Å². The average molecular weight is 418 g/mol. The Hall–Kier alpha value is -1.93. The van der Waals surface area contributed by atoms with Gasteiger partial charge in [0.1, 0.15) is 5.75 Å². The van der Waals surface area contributed by atoms with Crippen molar-refractivity contribution in [2.75, 3.05) is 26.2 Å². The molecule has 0 saturated carbocycles. The molecule has 2 saturated heterocycles. The van der Waals surface area contributed by atoms with Gasteiger partial charge in [0.25, 0.3) is 5.91 Å². The third-order valence-corrected chi connectivity index (χ3v) is 5.10. The van der Waals surface area contributed by atoms with Gasteiger partial charge in [0.05, 0.1) is 11.5 Å². The van der Waals surface area contributed by atoms with Crippen molar-refractivity contribution in [2.45, 2.75) is 38.3 Å². The van der Waals surface area contributed by atoms with Crippen molar-refractivity contribution < 1.29 is 23.1 Å². The molecule has 0 aromatic heterocycles. The van der Waals surface area contributed by atoms with Gasteiger partial charge in [-0.1, -0.05) is 12.1 Å². The van der Waals surface area contributed by atoms with E-state index in [1.54, 1.807) is 11.0 Å². The number of amides is 2. The second-order valence-corrected chi connectivity index (χ2v) is 7.00. The molecule has 0 radical (unpaired) electrons. The molecule has 2 amide bonds. The van der Waals surface area contributed by atoms with E-state index in [1.807, 2.05) is 0 Å². The van der Waals surface area contributed by atoms with E-state index < -0.39 is 6.61 Å². The van der Waals surface area contributed by atoms with Crippen LogP contribution in [0.2, 0.25) is 0 Å². The number of halogens is 3. The summed E-state index contributed by atoms with van der Waals surface area (Å²) in [4.78, 5) is 26.8. The molecule has 156 valence electrons. The topological polar surface area (TPSA) is 70.7 Å². The Morgan fingerprint density at radius 1 is 1.25 bits per heavy atom. The van der Waals surface area contributed by atoms with E-state index in [4.69, 9.17) is 0 Å². The lowest BCUT2D eigenvalue weighted by Crippen LogP contribution is -2.47. The van der Waals surface area contributed by atoms with Crippen molar-refractivity contribution in [1.82, 2.24) is 15.5 Å². The van der Waals surface area contributed by atoms with Gasteiger partial charge in [-0.25, -0.2) is 0 Å². The molecule has 2 atom stereocenters. The molecular formula is C19H26ClF2N3O3. The first-order valence-electron chi connectivity index (χ1n) is 9.39. The van der Waals surface area contributed by atoms with Gasteiger partial charge in [0.15, 0.2) is 0 Å². The van der Waals surface area contributed by atoms with E-state index in [9.17, 15) is 18.4 Å². The molecule has 1 aromatic carbocycles. The quantitative estimate of drug-likeness (QED) is 0.745. The number of hydrogen-bond donors (Lipinski definition) is 2. The summed E-state index contributed by atoms with van der Waals surface area (Å²) < 4.78 is 29.6. The Morgan fingerprint density at radius 2 is 2.04 bits per heavy atom. The maximum atomic E-state index is 12.8. The van der Waals surface area contributed by atoms with Crippen LogP contribution in [0.15, 0.2) is 24.3 Å². The lowest BCUT2D eigenvalue weighted by molar-refractivity contribution is -0.126. The van der Waals surface area contributed by atoms with Gasteiger partial charge in [-0.15, -0.1) is 12.4 Å². The first kappa shape index (κ1) is 22.4. The molecule has 9 heteroatoms. The zero-order valence-corrected chi connectivity index (χ0v) is 16.4. The number of carbonyl (C=O) groups is 2. The summed E-state index contributed by atoms with van der Waals surface area (Å²) >= 11 is 0. The molecule has 0 spiro atoms. The SMILES string of the molecule is Cl.O=C(NCC1CCCN1)C1CCCN(C(=O)c2ccccc2OC(F)F)C1. The fourth-order valence-corrected chi connectivity index (χ4v) is 3.69. The van der Waals surface area contributed by atoms with Crippen LogP contribution in [0.4, 0.5) is 8.78 Å². The molecular weight excluding hydrogens is 392 g/mol. The molecule has 28 heavy (non-hydrogen) atoms. The molecule has 2 N–H and O–H groups in total. The van der Waals surface area contributed by atoms with Gasteiger partial charge < -0.3 is 20.3 Å². The molecule has 1 aromatic rings. The number of likely N-dealkylation sites (tertiary alicyclic amines) is 1. The number of nitrogens with zero attached hydrogens (tertiary/aromatic N) is 1. The Labute approximate surface area is 169 Å². The Morgan fingerprint density at radius 3 is 2.75 bits per heavy atom. The van der Waals surface area contributed by atoms with Crippen molar-refractivity contribution in [2.24, 2.45) is 5.92 Å². The van der Waals surface area contributed by atoms with Crippen molar-refractivity contribution >= 4 is 24.2 Å². The fourth-order valence-electron chi connectivity index (χ4n) is 3.69. The third-order valence-electron chi connectivity index (χ3n) is 5.10. The largest absolute Gasteiger partial charge is 0.434 e. The highest BCUT2D eigenvalue weighted by atomic mass is 35.5. The van der Waals surface area contributed by atoms with Crippen LogP contribution in [-0.2, 0) is 4.79 Å². The van der Waals surface area contributed by atoms with E-state index in [0.717, 1.165) is 19.4 Å². The smallest absolute Gasteiger partial charge is 0.387 e. The van der Waals surface area contributed by atoms with Crippen LogP contribution in [-0.4, -0.2) is 55.5 Å². The number of ether oxygens (including phenoxy) is 1. The Balaban J connectivity index is 0.00000280. The number of rotatable bonds is 6. The molecule has 2 fully saturated rings. The summed E-state index contributed by atoms with van der Waals surface area (Å²) in [5.41, 5.74) is 0.0917. The second kappa shape index (κ2) is 10.6. The predicted octanol–water partition coefficient (Wildman–Crippen LogP) is 2.43. The lowest BCUT2D eigenvalue weighted by atomic mass is 9.96. The number of carbonyl (C=O) groups excluding carboxylic acids is 2. The summed E-state index contributed by atoms with van der Waals surface area (Å²) in [5.74, 6) is -0.872. The van der Waals surface area contributed by atoms with Crippen LogP contribution < -0.4 is 15.4 Å². The minimum atomic E-state index is -3.00. The number of hydrogen-bond acceptors (Lipinski definition) is 4. The number of para-hydroxylation sites is 1. The van der Waals surface area contributed by atoms with E-state index in [1.165, 1.54) is 18.2 Å². The maximum Gasteiger partial charge on any atom is 0.387 e. The summed E-state index contributed by atoms with van der Waals surface area (Å²) in [7, 11) is 0. The molecule has 0 aliphatic carbocycles. The van der Waals surface area contributed by atoms with Crippen LogP contribution in [0.25, 0.3) is 0 Å². The maximum absolute atomic E-state index is 12.8. The van der Waals surface area contributed by atoms with E-state index in [-0.39, 0.29) is 48.0 Å². The Kier molecular flexibility index (Phi) is 8.44. The molecule has 0 bridgehead atoms. The van der Waals surface area contributed by atoms with E-state index in [0.29, 0.717) is 32.0 Å². The number of alkyl halides is 2. The minimum absolute atomic E-state index is 0. The molecule has 2 aliphatic heterocycles. The van der Waals surface area contributed by atoms with Crippen molar-refractivity contribution in [3.8, 4) is 5.75 Å². The minimum Gasteiger partial charge on any atom is -0.434 e. The zero-order chi connectivity index (χ0) is 19.2. The van der Waals surface area contributed by atoms with Crippen LogP contribution in [0, 0.1) is 5.92 Å². The van der Waals surface area contributed by atoms with Crippen molar-refractivity contribution in [1.29, 1.82) is 0 Å². The second-order valence-electron chi connectivity index (χ2n) is 7.00. The fraction of sp³-hybridized carbons (Fsp3) is 0.579. The average Bonchev–Trinajstić information content (AvgIpc) is 3.19. The van der Waals surface area contributed by atoms with Gasteiger partial charge in [-0.3, -0.25) is 9.59 Å². The number of piperidine rings is 1. The van der Waals surface area contributed by atoms with Crippen molar-refractivity contribution in [3.05, 3.63) is 29.8 Å². The normalized spacial score (nSPS) is 21.9. The molecule has 2 heterocycles. The lowest BCUT2D eigenvalue weighted by Gasteiger charge is -2.32. The van der Waals surface area contributed by atoms with E-state index >= 15 is 0 Å². The van der Waals surface area contributed by atoms with Gasteiger partial charge in [0, 0.05) is 25.7 Å². The summed E-state index contributed by atoms with van der Waals surface area (Å²) in [5, 5.41) is 6.30. The van der Waals surface area contributed by atoms with Gasteiger partial charge in [0.2, 0.25) is 5.91 Å². The molecule has 2 unspecified atom stereocenters. The molecule has 3 rings (SSSR count). The highest BCUT2D eigenvalue weighted by molar-refractivity contribution is 5.97.